The van der Waals surface area contributed by atoms with Gasteiger partial charge in [-0.15, -0.1) is 0 Å². The first-order valence-corrected chi connectivity index (χ1v) is 7.12. The number of carbonyl (C=O) groups is 1. The van der Waals surface area contributed by atoms with Crippen LogP contribution in [0.25, 0.3) is 0 Å². The van der Waals surface area contributed by atoms with Crippen molar-refractivity contribution >= 4 is 24.1 Å². The van der Waals surface area contributed by atoms with Crippen LogP contribution in [0.4, 0.5) is 16.4 Å². The lowest BCUT2D eigenvalue weighted by Crippen LogP contribution is -2.35. The van der Waals surface area contributed by atoms with Gasteiger partial charge in [0.25, 0.3) is 0 Å². The summed E-state index contributed by atoms with van der Waals surface area (Å²) in [4.78, 5) is 17.4. The highest BCUT2D eigenvalue weighted by Crippen LogP contribution is 2.21. The number of nitriles is 1. The van der Waals surface area contributed by atoms with Gasteiger partial charge in [-0.2, -0.15) is 10.4 Å². The monoisotopic (exact) mass is 321 g/mol. The number of nitrogens with zero attached hydrogens (tertiary/aromatic N) is 4. The highest BCUT2D eigenvalue weighted by atomic mass is 16.6. The van der Waals surface area contributed by atoms with Crippen LogP contribution in [0.2, 0.25) is 0 Å². The predicted octanol–water partition coefficient (Wildman–Crippen LogP) is 1.44. The van der Waals surface area contributed by atoms with Crippen molar-refractivity contribution in [3.63, 3.8) is 0 Å². The number of aliphatic imine (C=N–C) groups is 1. The Kier molecular flexibility index (Phi) is 6.38. The van der Waals surface area contributed by atoms with Crippen LogP contribution in [0, 0.1) is 11.3 Å². The summed E-state index contributed by atoms with van der Waals surface area (Å²) in [5, 5.41) is 21.5. The first kappa shape index (κ1) is 18.3. The number of nitrogens with one attached hydrogen (secondary N) is 3. The Balaban J connectivity index is 2.50. The molecule has 3 N–H and O–H groups in total. The molecule has 0 saturated carbocycles. The van der Waals surface area contributed by atoms with Crippen molar-refractivity contribution in [3.05, 3.63) is 5.56 Å². The Bertz CT molecular complexity index is 593. The van der Waals surface area contributed by atoms with E-state index in [9.17, 15) is 10.1 Å². The molecule has 0 aromatic carbocycles. The van der Waals surface area contributed by atoms with E-state index in [1.54, 1.807) is 32.0 Å². The molecule has 1 aromatic rings. The summed E-state index contributed by atoms with van der Waals surface area (Å²) in [5.74, 6) is 0.771. The minimum Gasteiger partial charge on any atom is -0.444 e. The van der Waals surface area contributed by atoms with Crippen LogP contribution in [0.1, 0.15) is 26.3 Å². The number of carbonyl (C=O) groups excluding carboxylic acids is 1. The van der Waals surface area contributed by atoms with Crippen molar-refractivity contribution in [1.29, 1.82) is 5.26 Å². The SMILES string of the molecule is CN(C)C=Nc1[nH]nc(NCCNC(=O)OC(C)(C)C)c1C#N. The van der Waals surface area contributed by atoms with Crippen LogP contribution in [0.3, 0.4) is 0 Å². The van der Waals surface area contributed by atoms with Gasteiger partial charge in [-0.1, -0.05) is 0 Å². The summed E-state index contributed by atoms with van der Waals surface area (Å²) in [6.07, 6.45) is 1.08. The zero-order valence-electron chi connectivity index (χ0n) is 14.1. The zero-order valence-corrected chi connectivity index (χ0v) is 14.1. The molecule has 9 heteroatoms. The van der Waals surface area contributed by atoms with E-state index in [2.05, 4.69) is 25.8 Å². The first-order chi connectivity index (χ1) is 10.7. The maximum Gasteiger partial charge on any atom is 0.407 e. The van der Waals surface area contributed by atoms with E-state index >= 15 is 0 Å². The molecule has 0 aliphatic heterocycles. The molecule has 0 bridgehead atoms. The standard InChI is InChI=1S/C14H23N7O2/c1-14(2,3)23-13(22)17-7-6-16-11-10(8-15)12(20-19-11)18-9-21(4)5/h9H,6-7H2,1-5H3,(H,17,22)(H2,16,19,20). The largest absolute Gasteiger partial charge is 0.444 e. The number of hydrogen-bond donors (Lipinski definition) is 3. The van der Waals surface area contributed by atoms with Gasteiger partial charge in [0.05, 0.1) is 6.34 Å². The van der Waals surface area contributed by atoms with E-state index in [1.807, 2.05) is 20.2 Å². The van der Waals surface area contributed by atoms with Crippen molar-refractivity contribution in [1.82, 2.24) is 20.4 Å². The Morgan fingerprint density at radius 3 is 2.74 bits per heavy atom. The third-order valence-corrected chi connectivity index (χ3v) is 2.36. The van der Waals surface area contributed by atoms with Gasteiger partial charge in [0, 0.05) is 27.2 Å². The molecule has 9 nitrogen and oxygen atoms in total. The van der Waals surface area contributed by atoms with Crippen LogP contribution in [-0.2, 0) is 4.74 Å². The van der Waals surface area contributed by atoms with E-state index in [4.69, 9.17) is 4.74 Å². The molecule has 23 heavy (non-hydrogen) atoms. The third-order valence-electron chi connectivity index (χ3n) is 2.36. The summed E-state index contributed by atoms with van der Waals surface area (Å²) in [6, 6.07) is 2.05. The van der Waals surface area contributed by atoms with E-state index in [0.29, 0.717) is 30.3 Å². The van der Waals surface area contributed by atoms with Gasteiger partial charge in [0.15, 0.2) is 11.6 Å². The topological polar surface area (TPSA) is 118 Å². The fourth-order valence-corrected chi connectivity index (χ4v) is 1.49. The maximum absolute atomic E-state index is 11.5. The molecular weight excluding hydrogens is 298 g/mol. The van der Waals surface area contributed by atoms with Gasteiger partial charge < -0.3 is 20.3 Å². The first-order valence-electron chi connectivity index (χ1n) is 7.12. The second-order valence-corrected chi connectivity index (χ2v) is 5.97. The van der Waals surface area contributed by atoms with E-state index in [-0.39, 0.29) is 0 Å². The molecule has 0 fully saturated rings. The number of aromatic nitrogens is 2. The van der Waals surface area contributed by atoms with Gasteiger partial charge in [0.1, 0.15) is 17.2 Å². The number of alkyl carbamates (subject to hydrolysis) is 1. The lowest BCUT2D eigenvalue weighted by Gasteiger charge is -2.19. The lowest BCUT2D eigenvalue weighted by molar-refractivity contribution is 0.0530. The van der Waals surface area contributed by atoms with Crippen LogP contribution < -0.4 is 10.6 Å². The molecule has 1 amide bonds. The van der Waals surface area contributed by atoms with Crippen LogP contribution >= 0.6 is 0 Å². The Labute approximate surface area is 135 Å². The number of H-pyrrole nitrogens is 1. The van der Waals surface area contributed by atoms with Crippen molar-refractivity contribution in [2.45, 2.75) is 26.4 Å². The van der Waals surface area contributed by atoms with E-state index in [0.717, 1.165) is 0 Å². The average Bonchev–Trinajstić information content (AvgIpc) is 2.81. The molecule has 1 heterocycles. The van der Waals surface area contributed by atoms with Gasteiger partial charge in [-0.25, -0.2) is 9.79 Å². The predicted molar refractivity (Wildman–Crippen MR) is 87.9 cm³/mol. The normalized spacial score (nSPS) is 11.1. The van der Waals surface area contributed by atoms with Crippen molar-refractivity contribution < 1.29 is 9.53 Å². The van der Waals surface area contributed by atoms with Gasteiger partial charge in [-0.05, 0) is 20.8 Å². The average molecular weight is 321 g/mol. The highest BCUT2D eigenvalue weighted by Gasteiger charge is 2.16. The highest BCUT2D eigenvalue weighted by molar-refractivity contribution is 5.69. The minimum absolute atomic E-state index is 0.320. The van der Waals surface area contributed by atoms with Gasteiger partial charge in [-0.3, -0.25) is 5.10 Å². The molecule has 0 spiro atoms. The molecule has 0 aliphatic carbocycles. The van der Waals surface area contributed by atoms with E-state index < -0.39 is 11.7 Å². The van der Waals surface area contributed by atoms with Gasteiger partial charge >= 0.3 is 6.09 Å². The molecule has 0 aliphatic rings. The smallest absolute Gasteiger partial charge is 0.407 e. The number of aromatic amines is 1. The van der Waals surface area contributed by atoms with Crippen LogP contribution in [0.15, 0.2) is 4.99 Å². The van der Waals surface area contributed by atoms with Crippen molar-refractivity contribution in [2.75, 3.05) is 32.5 Å². The lowest BCUT2D eigenvalue weighted by atomic mass is 10.2. The fourth-order valence-electron chi connectivity index (χ4n) is 1.49. The molecule has 1 rings (SSSR count). The number of hydrogen-bond acceptors (Lipinski definition) is 6. The summed E-state index contributed by atoms with van der Waals surface area (Å²) < 4.78 is 5.12. The molecular formula is C14H23N7O2. The number of ether oxygens (including phenoxy) is 1. The maximum atomic E-state index is 11.5. The molecule has 1 aromatic heterocycles. The Morgan fingerprint density at radius 2 is 2.17 bits per heavy atom. The fraction of sp³-hybridized carbons (Fsp3) is 0.571. The van der Waals surface area contributed by atoms with Crippen LogP contribution in [-0.4, -0.2) is 60.3 Å². The zero-order chi connectivity index (χ0) is 17.5. The quantitative estimate of drug-likeness (QED) is 0.414. The van der Waals surface area contributed by atoms with Crippen LogP contribution in [0.5, 0.6) is 0 Å². The second-order valence-electron chi connectivity index (χ2n) is 5.97. The minimum atomic E-state index is -0.535. The second kappa shape index (κ2) is 8.03. The third kappa shape index (κ3) is 6.69. The molecule has 0 unspecified atom stereocenters. The van der Waals surface area contributed by atoms with Crippen molar-refractivity contribution in [3.8, 4) is 6.07 Å². The summed E-state index contributed by atoms with van der Waals surface area (Å²) in [7, 11) is 3.65. The molecule has 0 saturated heterocycles. The molecule has 0 atom stereocenters. The number of rotatable bonds is 6. The van der Waals surface area contributed by atoms with E-state index in [1.165, 1.54) is 0 Å². The summed E-state index contributed by atoms with van der Waals surface area (Å²) >= 11 is 0. The Morgan fingerprint density at radius 1 is 1.48 bits per heavy atom. The summed E-state index contributed by atoms with van der Waals surface area (Å²) in [5.41, 5.74) is -0.215. The molecule has 0 radical (unpaired) electrons. The Hall–Kier alpha value is -2.76. The summed E-state index contributed by atoms with van der Waals surface area (Å²) in [6.45, 7) is 6.12. The number of anilines is 1. The number of amides is 1. The van der Waals surface area contributed by atoms with Gasteiger partial charge in [0.2, 0.25) is 0 Å². The van der Waals surface area contributed by atoms with Crippen molar-refractivity contribution in [2.24, 2.45) is 4.99 Å². The molecule has 126 valence electrons.